The number of nitrogens with one attached hydrogen (secondary N) is 1. The number of hydrogen-bond donors (Lipinski definition) is 4. The molecule has 0 aliphatic heterocycles. The van der Waals surface area contributed by atoms with Crippen LogP contribution in [0, 0.1) is 0 Å². The van der Waals surface area contributed by atoms with Gasteiger partial charge in [-0.15, -0.1) is 0 Å². The molecule has 0 aromatic heterocycles. The molecule has 11 nitrogen and oxygen atoms in total. The van der Waals surface area contributed by atoms with E-state index in [0.29, 0.717) is 12.8 Å². The van der Waals surface area contributed by atoms with Crippen LogP contribution in [0.1, 0.15) is 194 Å². The molecule has 4 N–H and O–H groups in total. The molecule has 0 aromatic rings. The van der Waals surface area contributed by atoms with Crippen molar-refractivity contribution >= 4 is 25.7 Å². The van der Waals surface area contributed by atoms with E-state index in [4.69, 9.17) is 13.8 Å². The number of carbonyl (C=O) groups is 3. The van der Waals surface area contributed by atoms with Gasteiger partial charge in [-0.25, -0.2) is 9.36 Å². The van der Waals surface area contributed by atoms with Crippen LogP contribution in [0.5, 0.6) is 0 Å². The van der Waals surface area contributed by atoms with Crippen molar-refractivity contribution in [1.82, 2.24) is 5.32 Å². The first-order valence-corrected chi connectivity index (χ1v) is 22.9. The van der Waals surface area contributed by atoms with Gasteiger partial charge >= 0.3 is 19.8 Å². The summed E-state index contributed by atoms with van der Waals surface area (Å²) in [5, 5.41) is 21.8. The molecule has 0 aromatic carbocycles. The minimum Gasteiger partial charge on any atom is -0.480 e. The molecule has 0 aliphatic rings. The van der Waals surface area contributed by atoms with E-state index in [0.717, 1.165) is 70.6 Å². The van der Waals surface area contributed by atoms with Crippen molar-refractivity contribution in [2.24, 2.45) is 0 Å². The lowest BCUT2D eigenvalue weighted by molar-refractivity contribution is -0.147. The van der Waals surface area contributed by atoms with Gasteiger partial charge in [-0.05, 0) is 38.5 Å². The number of carboxylic acids is 1. The minimum atomic E-state index is -4.75. The van der Waals surface area contributed by atoms with Crippen LogP contribution >= 0.6 is 7.82 Å². The second-order valence-corrected chi connectivity index (χ2v) is 16.0. The second-order valence-electron chi connectivity index (χ2n) is 14.5. The normalized spacial score (nSPS) is 14.0. The van der Waals surface area contributed by atoms with Crippen molar-refractivity contribution in [2.75, 3.05) is 19.8 Å². The molecule has 54 heavy (non-hydrogen) atoms. The number of aliphatic hydroxyl groups excluding tert-OH is 1. The van der Waals surface area contributed by atoms with E-state index in [1.54, 1.807) is 0 Å². The van der Waals surface area contributed by atoms with Crippen molar-refractivity contribution in [3.8, 4) is 0 Å². The average molecular weight is 788 g/mol. The Bertz CT molecular complexity index is 1020. The van der Waals surface area contributed by atoms with E-state index < -0.39 is 57.6 Å². The van der Waals surface area contributed by atoms with Gasteiger partial charge in [0, 0.05) is 12.8 Å². The maximum atomic E-state index is 12.3. The molecule has 3 unspecified atom stereocenters. The quantitative estimate of drug-likeness (QED) is 0.0203. The molecule has 3 atom stereocenters. The van der Waals surface area contributed by atoms with Gasteiger partial charge in [0.25, 0.3) is 0 Å². The van der Waals surface area contributed by atoms with Crippen LogP contribution in [-0.4, -0.2) is 64.9 Å². The van der Waals surface area contributed by atoms with Gasteiger partial charge < -0.3 is 25.2 Å². The van der Waals surface area contributed by atoms with Crippen LogP contribution in [0.4, 0.5) is 0 Å². The number of hydrogen-bond acceptors (Lipinski definition) is 8. The molecule has 0 saturated carbocycles. The summed E-state index contributed by atoms with van der Waals surface area (Å²) in [6.45, 7) is 2.52. The van der Waals surface area contributed by atoms with E-state index in [1.165, 1.54) is 83.5 Å². The van der Waals surface area contributed by atoms with Crippen molar-refractivity contribution in [1.29, 1.82) is 0 Å². The third-order valence-corrected chi connectivity index (χ3v) is 10.2. The minimum absolute atomic E-state index is 0.130. The van der Waals surface area contributed by atoms with Gasteiger partial charge in [-0.3, -0.25) is 18.6 Å². The number of carbonyl (C=O) groups excluding carboxylic acids is 2. The van der Waals surface area contributed by atoms with E-state index in [-0.39, 0.29) is 12.8 Å². The lowest BCUT2D eigenvalue weighted by Gasteiger charge is -2.18. The highest BCUT2D eigenvalue weighted by molar-refractivity contribution is 7.47. The zero-order chi connectivity index (χ0) is 40.0. The van der Waals surface area contributed by atoms with Gasteiger partial charge in [-0.2, -0.15) is 0 Å². The first kappa shape index (κ1) is 52.0. The Hall–Kier alpha value is -2.04. The molecule has 316 valence electrons. The first-order chi connectivity index (χ1) is 26.1. The van der Waals surface area contributed by atoms with Crippen LogP contribution in [0.2, 0.25) is 0 Å². The predicted molar refractivity (Wildman–Crippen MR) is 217 cm³/mol. The Kier molecular flexibility index (Phi) is 36.4. The number of carboxylic acid groups (broad SMARTS) is 1. The highest BCUT2D eigenvalue weighted by Crippen LogP contribution is 2.43. The molecule has 0 heterocycles. The summed E-state index contributed by atoms with van der Waals surface area (Å²) in [6.07, 6.45) is 37.8. The number of unbranched alkanes of at least 4 members (excludes halogenated alkanes) is 22. The number of aliphatic hydroxyl groups is 1. The fraction of sp³-hybridized carbons (Fsp3) is 0.833. The summed E-state index contributed by atoms with van der Waals surface area (Å²) in [5.74, 6) is -2.39. The van der Waals surface area contributed by atoms with Crippen molar-refractivity contribution in [2.45, 2.75) is 206 Å². The highest BCUT2D eigenvalue weighted by atomic mass is 31.2. The highest BCUT2D eigenvalue weighted by Gasteiger charge is 2.28. The predicted octanol–water partition coefficient (Wildman–Crippen LogP) is 10.7. The smallest absolute Gasteiger partial charge is 0.472 e. The van der Waals surface area contributed by atoms with Gasteiger partial charge in [0.1, 0.15) is 12.7 Å². The van der Waals surface area contributed by atoms with Crippen LogP contribution in [0.3, 0.4) is 0 Å². The molecule has 0 rings (SSSR count). The van der Waals surface area contributed by atoms with Crippen molar-refractivity contribution in [3.63, 3.8) is 0 Å². The molecule has 0 bridgehead atoms. The third-order valence-electron chi connectivity index (χ3n) is 9.22. The summed E-state index contributed by atoms with van der Waals surface area (Å²) >= 11 is 0. The fourth-order valence-corrected chi connectivity index (χ4v) is 6.65. The molecule has 0 saturated heterocycles. The van der Waals surface area contributed by atoms with E-state index in [1.807, 2.05) is 0 Å². The number of phosphoric acid groups is 1. The molecule has 0 aliphatic carbocycles. The topological polar surface area (TPSA) is 169 Å². The Morgan fingerprint density at radius 1 is 0.593 bits per heavy atom. The standard InChI is InChI=1S/C42H78NO10P/c1-3-5-7-9-11-13-15-17-18-19-20-22-24-26-28-30-32-34-41(46)51-35-38(44)36-52-54(49,50)53-37-39(42(47)48)43-40(45)33-31-29-27-25-23-21-16-14-12-10-8-6-4-2/h8,10,14,16,38-39,44H,3-7,9,11-13,15,17-37H2,1-2H3,(H,43,45)(H,47,48)(H,49,50)/b10-8-,16-14-. The van der Waals surface area contributed by atoms with E-state index >= 15 is 0 Å². The maximum Gasteiger partial charge on any atom is 0.472 e. The van der Waals surface area contributed by atoms with Crippen molar-refractivity contribution < 1.29 is 47.8 Å². The van der Waals surface area contributed by atoms with Crippen LogP contribution in [-0.2, 0) is 32.7 Å². The van der Waals surface area contributed by atoms with Gasteiger partial charge in [0.15, 0.2) is 6.04 Å². The molecular formula is C42H78NO10P. The fourth-order valence-electron chi connectivity index (χ4n) is 5.88. The Labute approximate surface area is 328 Å². The zero-order valence-electron chi connectivity index (χ0n) is 34.0. The molecule has 0 radical (unpaired) electrons. The Balaban J connectivity index is 3.89. The molecule has 12 heteroatoms. The van der Waals surface area contributed by atoms with E-state index in [2.05, 4.69) is 43.5 Å². The summed E-state index contributed by atoms with van der Waals surface area (Å²) < 4.78 is 26.8. The Morgan fingerprint density at radius 3 is 1.57 bits per heavy atom. The molecular weight excluding hydrogens is 709 g/mol. The molecule has 1 amide bonds. The number of rotatable bonds is 40. The average Bonchev–Trinajstić information content (AvgIpc) is 3.14. The lowest BCUT2D eigenvalue weighted by Crippen LogP contribution is -2.43. The number of allylic oxidation sites excluding steroid dienone is 4. The first-order valence-electron chi connectivity index (χ1n) is 21.4. The zero-order valence-corrected chi connectivity index (χ0v) is 34.9. The Morgan fingerprint density at radius 2 is 1.06 bits per heavy atom. The number of aliphatic carboxylic acids is 1. The number of amides is 1. The SMILES string of the molecule is CCC/C=C\C/C=C\CCCCCCCC(=O)NC(COP(=O)(O)OCC(O)COC(=O)CCCCCCCCCCCCCCCCCCC)C(=O)O. The summed E-state index contributed by atoms with van der Waals surface area (Å²) in [5.41, 5.74) is 0. The largest absolute Gasteiger partial charge is 0.480 e. The van der Waals surface area contributed by atoms with E-state index in [9.17, 15) is 34.1 Å². The van der Waals surface area contributed by atoms with Crippen molar-refractivity contribution in [3.05, 3.63) is 24.3 Å². The molecule has 0 fully saturated rings. The number of ether oxygens (including phenoxy) is 1. The summed E-state index contributed by atoms with van der Waals surface area (Å²) in [7, 11) is -4.75. The van der Waals surface area contributed by atoms with Crippen LogP contribution < -0.4 is 5.32 Å². The second kappa shape index (κ2) is 37.9. The molecule has 0 spiro atoms. The third kappa shape index (κ3) is 36.9. The van der Waals surface area contributed by atoms with Gasteiger partial charge in [0.2, 0.25) is 5.91 Å². The van der Waals surface area contributed by atoms with Crippen LogP contribution in [0.25, 0.3) is 0 Å². The summed E-state index contributed by atoms with van der Waals surface area (Å²) in [4.78, 5) is 45.8. The monoisotopic (exact) mass is 788 g/mol. The number of esters is 1. The van der Waals surface area contributed by atoms with Gasteiger partial charge in [-0.1, -0.05) is 167 Å². The van der Waals surface area contributed by atoms with Crippen LogP contribution in [0.15, 0.2) is 24.3 Å². The number of phosphoric ester groups is 1. The maximum absolute atomic E-state index is 12.3. The lowest BCUT2D eigenvalue weighted by atomic mass is 10.0. The summed E-state index contributed by atoms with van der Waals surface area (Å²) in [6, 6.07) is -1.55. The van der Waals surface area contributed by atoms with Gasteiger partial charge in [0.05, 0.1) is 13.2 Å².